The molecule has 1 unspecified atom stereocenters. The van der Waals surface area contributed by atoms with E-state index in [0.29, 0.717) is 6.04 Å². The Bertz CT molecular complexity index is 485. The third kappa shape index (κ3) is 2.12. The van der Waals surface area contributed by atoms with Crippen LogP contribution < -0.4 is 0 Å². The van der Waals surface area contributed by atoms with E-state index in [-0.39, 0.29) is 18.4 Å². The van der Waals surface area contributed by atoms with Gasteiger partial charge in [-0.15, -0.1) is 0 Å². The number of fused-ring (bicyclic) bond motifs is 1. The summed E-state index contributed by atoms with van der Waals surface area (Å²) < 4.78 is 13.2. The van der Waals surface area contributed by atoms with E-state index in [1.807, 2.05) is 6.07 Å². The fraction of sp³-hybridized carbons (Fsp3) is 0.500. The van der Waals surface area contributed by atoms with Gasteiger partial charge >= 0.3 is 5.97 Å². The molecule has 0 spiro atoms. The molecule has 1 aromatic carbocycles. The number of aliphatic carboxylic acids is 1. The molecule has 2 aliphatic rings. The van der Waals surface area contributed by atoms with Crippen LogP contribution in [0.25, 0.3) is 0 Å². The summed E-state index contributed by atoms with van der Waals surface area (Å²) in [5.74, 6) is -0.983. The van der Waals surface area contributed by atoms with Gasteiger partial charge < -0.3 is 5.11 Å². The maximum atomic E-state index is 13.2. The number of hydrogen-bond acceptors (Lipinski definition) is 2. The van der Waals surface area contributed by atoms with Crippen LogP contribution in [0, 0.1) is 5.82 Å². The highest BCUT2D eigenvalue weighted by Crippen LogP contribution is 2.41. The molecule has 1 aromatic rings. The largest absolute Gasteiger partial charge is 0.480 e. The minimum Gasteiger partial charge on any atom is -0.480 e. The lowest BCUT2D eigenvalue weighted by molar-refractivity contribution is -0.139. The van der Waals surface area contributed by atoms with Gasteiger partial charge in [0.05, 0.1) is 6.54 Å². The van der Waals surface area contributed by atoms with E-state index < -0.39 is 5.97 Å². The second-order valence-corrected chi connectivity index (χ2v) is 5.19. The van der Waals surface area contributed by atoms with Gasteiger partial charge in [-0.25, -0.2) is 4.39 Å². The summed E-state index contributed by atoms with van der Waals surface area (Å²) in [6.45, 7) is 0.0894. The number of carboxylic acid groups (broad SMARTS) is 1. The topological polar surface area (TPSA) is 40.5 Å². The number of benzene rings is 1. The monoisotopic (exact) mass is 249 g/mol. The summed E-state index contributed by atoms with van der Waals surface area (Å²) >= 11 is 0. The summed E-state index contributed by atoms with van der Waals surface area (Å²) in [4.78, 5) is 13.0. The summed E-state index contributed by atoms with van der Waals surface area (Å²) in [6, 6.07) is 5.44. The molecule has 0 aromatic heterocycles. The molecule has 0 bridgehead atoms. The zero-order valence-corrected chi connectivity index (χ0v) is 10.1. The van der Waals surface area contributed by atoms with Gasteiger partial charge in [-0.3, -0.25) is 9.69 Å². The van der Waals surface area contributed by atoms with Gasteiger partial charge in [0.1, 0.15) is 5.82 Å². The second kappa shape index (κ2) is 4.35. The molecule has 0 heterocycles. The first kappa shape index (κ1) is 11.7. The Labute approximate surface area is 105 Å². The zero-order valence-electron chi connectivity index (χ0n) is 10.1. The Balaban J connectivity index is 1.87. The van der Waals surface area contributed by atoms with E-state index in [2.05, 4.69) is 4.90 Å². The van der Waals surface area contributed by atoms with E-state index in [4.69, 9.17) is 5.11 Å². The van der Waals surface area contributed by atoms with Crippen molar-refractivity contribution in [3.63, 3.8) is 0 Å². The molecule has 0 radical (unpaired) electrons. The van der Waals surface area contributed by atoms with Crippen molar-refractivity contribution in [1.29, 1.82) is 0 Å². The zero-order chi connectivity index (χ0) is 12.7. The number of nitrogens with zero attached hydrogens (tertiary/aromatic N) is 1. The molecule has 1 atom stereocenters. The summed E-state index contributed by atoms with van der Waals surface area (Å²) in [6.07, 6.45) is 3.92. The highest BCUT2D eigenvalue weighted by atomic mass is 19.1. The normalized spacial score (nSPS) is 22.2. The first-order chi connectivity index (χ1) is 8.65. The lowest BCUT2D eigenvalue weighted by Crippen LogP contribution is -2.34. The van der Waals surface area contributed by atoms with Crippen LogP contribution in [0.1, 0.15) is 36.4 Å². The van der Waals surface area contributed by atoms with Crippen molar-refractivity contribution >= 4 is 5.97 Å². The van der Waals surface area contributed by atoms with Crippen molar-refractivity contribution in [2.45, 2.75) is 37.8 Å². The Hall–Kier alpha value is -1.42. The molecule has 4 heteroatoms. The lowest BCUT2D eigenvalue weighted by atomic mass is 10.1. The Morgan fingerprint density at radius 2 is 2.17 bits per heavy atom. The highest BCUT2D eigenvalue weighted by Gasteiger charge is 2.38. The quantitative estimate of drug-likeness (QED) is 0.890. The van der Waals surface area contributed by atoms with Crippen LogP contribution in [-0.2, 0) is 11.2 Å². The van der Waals surface area contributed by atoms with E-state index in [1.165, 1.54) is 6.07 Å². The first-order valence-corrected chi connectivity index (χ1v) is 6.41. The standard InChI is InChI=1S/C14H16FNO2/c15-10-2-5-12-9(7-10)1-6-13(12)16(8-14(17)18)11-3-4-11/h2,5,7,11,13H,1,3-4,6,8H2,(H,17,18). The van der Waals surface area contributed by atoms with E-state index in [9.17, 15) is 9.18 Å². The fourth-order valence-corrected chi connectivity index (χ4v) is 2.96. The average Bonchev–Trinajstić information content (AvgIpc) is 3.07. The molecule has 3 nitrogen and oxygen atoms in total. The lowest BCUT2D eigenvalue weighted by Gasteiger charge is -2.27. The summed E-state index contributed by atoms with van der Waals surface area (Å²) in [5, 5.41) is 9.01. The van der Waals surface area contributed by atoms with Gasteiger partial charge in [-0.2, -0.15) is 0 Å². The number of carboxylic acids is 1. The molecule has 96 valence electrons. The molecule has 0 saturated heterocycles. The predicted molar refractivity (Wildman–Crippen MR) is 64.8 cm³/mol. The van der Waals surface area contributed by atoms with Gasteiger partial charge in [-0.05, 0) is 48.9 Å². The molecule has 1 N–H and O–H groups in total. The van der Waals surface area contributed by atoms with E-state index >= 15 is 0 Å². The minimum atomic E-state index is -0.780. The molecule has 0 aliphatic heterocycles. The third-order valence-electron chi connectivity index (χ3n) is 3.89. The van der Waals surface area contributed by atoms with Gasteiger partial charge in [0, 0.05) is 12.1 Å². The molecule has 3 rings (SSSR count). The Kier molecular flexibility index (Phi) is 2.82. The maximum Gasteiger partial charge on any atom is 0.317 e. The number of rotatable bonds is 4. The van der Waals surface area contributed by atoms with Gasteiger partial charge in [0.15, 0.2) is 0 Å². The Morgan fingerprint density at radius 1 is 1.39 bits per heavy atom. The van der Waals surface area contributed by atoms with Crippen LogP contribution >= 0.6 is 0 Å². The van der Waals surface area contributed by atoms with Crippen molar-refractivity contribution in [2.24, 2.45) is 0 Å². The summed E-state index contributed by atoms with van der Waals surface area (Å²) in [7, 11) is 0. The average molecular weight is 249 g/mol. The van der Waals surface area contributed by atoms with Gasteiger partial charge in [0.25, 0.3) is 0 Å². The molecular weight excluding hydrogens is 233 g/mol. The maximum absolute atomic E-state index is 13.2. The van der Waals surface area contributed by atoms with Crippen LogP contribution in [0.15, 0.2) is 18.2 Å². The first-order valence-electron chi connectivity index (χ1n) is 6.41. The van der Waals surface area contributed by atoms with Crippen LogP contribution in [0.2, 0.25) is 0 Å². The SMILES string of the molecule is O=C(O)CN(C1CC1)C1CCc2cc(F)ccc21. The number of hydrogen-bond donors (Lipinski definition) is 1. The minimum absolute atomic E-state index is 0.0894. The van der Waals surface area contributed by atoms with E-state index in [0.717, 1.165) is 36.8 Å². The molecule has 2 aliphatic carbocycles. The number of carbonyl (C=O) groups is 1. The van der Waals surface area contributed by atoms with Gasteiger partial charge in [0.2, 0.25) is 0 Å². The van der Waals surface area contributed by atoms with Gasteiger partial charge in [-0.1, -0.05) is 6.07 Å². The van der Waals surface area contributed by atoms with Crippen LogP contribution in [0.3, 0.4) is 0 Å². The van der Waals surface area contributed by atoms with Crippen molar-refractivity contribution in [1.82, 2.24) is 4.90 Å². The van der Waals surface area contributed by atoms with E-state index in [1.54, 1.807) is 6.07 Å². The molecular formula is C14H16FNO2. The molecule has 1 fully saturated rings. The smallest absolute Gasteiger partial charge is 0.317 e. The van der Waals surface area contributed by atoms with Crippen molar-refractivity contribution < 1.29 is 14.3 Å². The van der Waals surface area contributed by atoms with Crippen LogP contribution in [0.5, 0.6) is 0 Å². The predicted octanol–water partition coefficient (Wildman–Crippen LogP) is 2.36. The molecule has 0 amide bonds. The molecule has 1 saturated carbocycles. The highest BCUT2D eigenvalue weighted by molar-refractivity contribution is 5.69. The van der Waals surface area contributed by atoms with Crippen molar-refractivity contribution in [3.05, 3.63) is 35.1 Å². The van der Waals surface area contributed by atoms with Crippen LogP contribution in [-0.4, -0.2) is 28.6 Å². The number of aryl methyl sites for hydroxylation is 1. The molecule has 18 heavy (non-hydrogen) atoms. The van der Waals surface area contributed by atoms with Crippen LogP contribution in [0.4, 0.5) is 4.39 Å². The third-order valence-corrected chi connectivity index (χ3v) is 3.89. The fourth-order valence-electron chi connectivity index (χ4n) is 2.96. The van der Waals surface area contributed by atoms with Crippen molar-refractivity contribution in [2.75, 3.05) is 6.54 Å². The number of halogens is 1. The Morgan fingerprint density at radius 3 is 2.83 bits per heavy atom. The summed E-state index contributed by atoms with van der Waals surface area (Å²) in [5.41, 5.74) is 2.15. The second-order valence-electron chi connectivity index (χ2n) is 5.19. The van der Waals surface area contributed by atoms with Crippen molar-refractivity contribution in [3.8, 4) is 0 Å².